The minimum atomic E-state index is -0.237. The maximum Gasteiger partial charge on any atom is 0.293 e. The molecule has 0 atom stereocenters. The predicted octanol–water partition coefficient (Wildman–Crippen LogP) is 5.52. The number of nitrogens with zero attached hydrogens (tertiary/aromatic N) is 1. The van der Waals surface area contributed by atoms with Gasteiger partial charge < -0.3 is 4.74 Å². The van der Waals surface area contributed by atoms with Gasteiger partial charge in [-0.3, -0.25) is 14.5 Å². The Labute approximate surface area is 171 Å². The molecule has 0 unspecified atom stereocenters. The van der Waals surface area contributed by atoms with Crippen LogP contribution < -0.4 is 4.74 Å². The number of hydrogen-bond acceptors (Lipinski definition) is 4. The summed E-state index contributed by atoms with van der Waals surface area (Å²) in [6, 6.07) is 15.5. The van der Waals surface area contributed by atoms with Crippen molar-refractivity contribution in [2.75, 3.05) is 6.54 Å². The lowest BCUT2D eigenvalue weighted by Gasteiger charge is -2.12. The van der Waals surface area contributed by atoms with Crippen LogP contribution >= 0.6 is 27.7 Å². The Morgan fingerprint density at radius 2 is 1.89 bits per heavy atom. The molecule has 0 aromatic heterocycles. The third-order valence-electron chi connectivity index (χ3n) is 3.96. The Hall–Kier alpha value is -2.05. The average Bonchev–Trinajstić information content (AvgIpc) is 2.89. The fourth-order valence-electron chi connectivity index (χ4n) is 2.69. The summed E-state index contributed by atoms with van der Waals surface area (Å²) in [7, 11) is 0. The van der Waals surface area contributed by atoms with E-state index in [1.54, 1.807) is 6.08 Å². The number of rotatable bonds is 6. The summed E-state index contributed by atoms with van der Waals surface area (Å²) in [5.74, 6) is 0.512. The highest BCUT2D eigenvalue weighted by Gasteiger charge is 2.34. The van der Waals surface area contributed by atoms with Crippen molar-refractivity contribution >= 4 is 44.9 Å². The molecule has 2 aromatic carbocycles. The van der Waals surface area contributed by atoms with E-state index < -0.39 is 0 Å². The molecule has 0 saturated carbocycles. The molecular weight excluding hydrogens is 426 g/mol. The second-order valence-electron chi connectivity index (χ2n) is 6.43. The zero-order chi connectivity index (χ0) is 19.4. The van der Waals surface area contributed by atoms with Gasteiger partial charge in [0.05, 0.1) is 15.5 Å². The molecule has 2 amide bonds. The number of hydrogen-bond donors (Lipinski definition) is 0. The van der Waals surface area contributed by atoms with Gasteiger partial charge in [0.2, 0.25) is 0 Å². The van der Waals surface area contributed by atoms with E-state index in [0.717, 1.165) is 33.1 Å². The molecule has 3 rings (SSSR count). The molecule has 0 aliphatic carbocycles. The van der Waals surface area contributed by atoms with Crippen LogP contribution in [0.2, 0.25) is 0 Å². The maximum atomic E-state index is 12.6. The molecule has 140 valence electrons. The van der Waals surface area contributed by atoms with Gasteiger partial charge in [0.25, 0.3) is 11.1 Å². The number of thioether (sulfide) groups is 1. The van der Waals surface area contributed by atoms with Crippen LogP contribution in [0.4, 0.5) is 4.79 Å². The summed E-state index contributed by atoms with van der Waals surface area (Å²) in [6.07, 6.45) is 2.48. The molecule has 1 heterocycles. The van der Waals surface area contributed by atoms with Gasteiger partial charge in [0, 0.05) is 6.54 Å². The number of ether oxygens (including phenoxy) is 1. The highest BCUT2D eigenvalue weighted by molar-refractivity contribution is 9.10. The molecule has 2 aromatic rings. The lowest BCUT2D eigenvalue weighted by Crippen LogP contribution is -2.30. The first-order valence-electron chi connectivity index (χ1n) is 8.69. The van der Waals surface area contributed by atoms with Crippen molar-refractivity contribution in [3.05, 3.63) is 69.0 Å². The van der Waals surface area contributed by atoms with E-state index >= 15 is 0 Å². The lowest BCUT2D eigenvalue weighted by molar-refractivity contribution is -0.122. The van der Waals surface area contributed by atoms with E-state index in [4.69, 9.17) is 4.74 Å². The molecule has 0 radical (unpaired) electrons. The predicted molar refractivity (Wildman–Crippen MR) is 113 cm³/mol. The fourth-order valence-corrected chi connectivity index (χ4v) is 4.04. The van der Waals surface area contributed by atoms with Gasteiger partial charge in [0.1, 0.15) is 5.75 Å². The minimum absolute atomic E-state index is 0.0771. The second kappa shape index (κ2) is 8.76. The quantitative estimate of drug-likeness (QED) is 0.549. The lowest BCUT2D eigenvalue weighted by atomic mass is 10.1. The van der Waals surface area contributed by atoms with Crippen LogP contribution in [0.1, 0.15) is 25.0 Å². The van der Waals surface area contributed by atoms with Crippen LogP contribution in [-0.4, -0.2) is 28.7 Å². The zero-order valence-corrected chi connectivity index (χ0v) is 17.5. The van der Waals surface area contributed by atoms with Crippen molar-refractivity contribution in [1.29, 1.82) is 0 Å². The highest BCUT2D eigenvalue weighted by Crippen LogP contribution is 2.34. The minimum Gasteiger partial charge on any atom is -0.490 e. The molecule has 4 nitrogen and oxygen atoms in total. The Morgan fingerprint density at radius 3 is 2.56 bits per heavy atom. The molecule has 1 aliphatic rings. The zero-order valence-electron chi connectivity index (χ0n) is 15.1. The van der Waals surface area contributed by atoms with Crippen LogP contribution in [0, 0.1) is 0 Å². The Morgan fingerprint density at radius 1 is 1.15 bits per heavy atom. The molecule has 27 heavy (non-hydrogen) atoms. The summed E-state index contributed by atoms with van der Waals surface area (Å²) in [5, 5.41) is -0.221. The molecule has 1 fully saturated rings. The maximum absolute atomic E-state index is 12.6. The number of carbonyl (C=O) groups is 2. The van der Waals surface area contributed by atoms with E-state index in [1.807, 2.05) is 62.4 Å². The number of carbonyl (C=O) groups excluding carboxylic acids is 2. The Kier molecular flexibility index (Phi) is 6.39. The van der Waals surface area contributed by atoms with Crippen molar-refractivity contribution in [3.8, 4) is 5.75 Å². The van der Waals surface area contributed by atoms with Crippen molar-refractivity contribution in [1.82, 2.24) is 4.90 Å². The summed E-state index contributed by atoms with van der Waals surface area (Å²) in [6.45, 7) is 4.31. The van der Waals surface area contributed by atoms with Gasteiger partial charge in [-0.2, -0.15) is 0 Å². The molecule has 0 N–H and O–H groups in total. The summed E-state index contributed by atoms with van der Waals surface area (Å²) >= 11 is 4.48. The van der Waals surface area contributed by atoms with E-state index in [0.29, 0.717) is 17.9 Å². The number of amides is 2. The molecule has 0 spiro atoms. The molecule has 6 heteroatoms. The van der Waals surface area contributed by atoms with E-state index in [-0.39, 0.29) is 17.3 Å². The number of imide groups is 1. The third-order valence-corrected chi connectivity index (χ3v) is 5.48. The van der Waals surface area contributed by atoms with Gasteiger partial charge in [0.15, 0.2) is 0 Å². The molecule has 0 bridgehead atoms. The van der Waals surface area contributed by atoms with Gasteiger partial charge in [-0.1, -0.05) is 36.4 Å². The van der Waals surface area contributed by atoms with Crippen molar-refractivity contribution in [2.45, 2.75) is 26.4 Å². The van der Waals surface area contributed by atoms with E-state index in [2.05, 4.69) is 15.9 Å². The summed E-state index contributed by atoms with van der Waals surface area (Å²) in [4.78, 5) is 26.6. The van der Waals surface area contributed by atoms with Gasteiger partial charge >= 0.3 is 0 Å². The van der Waals surface area contributed by atoms with Crippen molar-refractivity contribution in [2.24, 2.45) is 0 Å². The van der Waals surface area contributed by atoms with Crippen LogP contribution in [0.15, 0.2) is 57.9 Å². The first-order valence-corrected chi connectivity index (χ1v) is 10.3. The Bertz CT molecular complexity index is 880. The smallest absolute Gasteiger partial charge is 0.293 e. The molecule has 1 aliphatic heterocycles. The first-order chi connectivity index (χ1) is 12.9. The van der Waals surface area contributed by atoms with Crippen LogP contribution in [0.25, 0.3) is 6.08 Å². The monoisotopic (exact) mass is 445 g/mol. The average molecular weight is 446 g/mol. The van der Waals surface area contributed by atoms with Gasteiger partial charge in [-0.15, -0.1) is 0 Å². The summed E-state index contributed by atoms with van der Waals surface area (Å²) < 4.78 is 6.51. The standard InChI is InChI=1S/C21H20BrNO3S/c1-14(2)26-18-9-8-16(12-17(18)22)13-19-20(24)23(21(25)27-19)11-10-15-6-4-3-5-7-15/h3-9,12-14H,10-11H2,1-2H3/b19-13-. The van der Waals surface area contributed by atoms with E-state index in [9.17, 15) is 9.59 Å². The molecule has 1 saturated heterocycles. The van der Waals surface area contributed by atoms with Crippen LogP contribution in [0.3, 0.4) is 0 Å². The van der Waals surface area contributed by atoms with Crippen LogP contribution in [-0.2, 0) is 11.2 Å². The van der Waals surface area contributed by atoms with Crippen molar-refractivity contribution < 1.29 is 14.3 Å². The number of benzene rings is 2. The largest absolute Gasteiger partial charge is 0.490 e. The fraction of sp³-hybridized carbons (Fsp3) is 0.238. The van der Waals surface area contributed by atoms with Gasteiger partial charge in [-0.25, -0.2) is 0 Å². The Balaban J connectivity index is 1.71. The molecular formula is C21H20BrNO3S. The topological polar surface area (TPSA) is 46.6 Å². The number of halogens is 1. The SMILES string of the molecule is CC(C)Oc1ccc(/C=C2\SC(=O)N(CCc3ccccc3)C2=O)cc1Br. The van der Waals surface area contributed by atoms with Crippen LogP contribution in [0.5, 0.6) is 5.75 Å². The first kappa shape index (κ1) is 19.7. The highest BCUT2D eigenvalue weighted by atomic mass is 79.9. The van der Waals surface area contributed by atoms with Crippen molar-refractivity contribution in [3.63, 3.8) is 0 Å². The normalized spacial score (nSPS) is 15.9. The third kappa shape index (κ3) is 5.02. The summed E-state index contributed by atoms with van der Waals surface area (Å²) in [5.41, 5.74) is 1.94. The second-order valence-corrected chi connectivity index (χ2v) is 8.27. The van der Waals surface area contributed by atoms with Gasteiger partial charge in [-0.05, 0) is 77.3 Å². The van der Waals surface area contributed by atoms with E-state index in [1.165, 1.54) is 4.90 Å².